The first-order chi connectivity index (χ1) is 8.31. The molecule has 2 N–H and O–H groups in total. The zero-order valence-corrected chi connectivity index (χ0v) is 10.7. The fraction of sp³-hybridized carbons (Fsp3) is 0.923. The first kappa shape index (κ1) is 12.8. The zero-order valence-electron chi connectivity index (χ0n) is 10.7. The standard InChI is InChI=1S/C13H24N2O2/c1-17-8-2-7-14-12(16)9-15-13(10-3-4-10)11-5-6-11/h10-11,13,15H,2-9H2,1H3,(H,14,16). The van der Waals surface area contributed by atoms with Gasteiger partial charge in [0.15, 0.2) is 0 Å². The third kappa shape index (κ3) is 4.64. The van der Waals surface area contributed by atoms with Crippen molar-refractivity contribution in [1.29, 1.82) is 0 Å². The van der Waals surface area contributed by atoms with E-state index < -0.39 is 0 Å². The van der Waals surface area contributed by atoms with Crippen LogP contribution in [-0.4, -0.2) is 38.8 Å². The van der Waals surface area contributed by atoms with E-state index in [1.54, 1.807) is 7.11 Å². The Bertz CT molecular complexity index is 238. The highest BCUT2D eigenvalue weighted by Crippen LogP contribution is 2.44. The number of amides is 1. The van der Waals surface area contributed by atoms with Crippen LogP contribution >= 0.6 is 0 Å². The lowest BCUT2D eigenvalue weighted by molar-refractivity contribution is -0.120. The van der Waals surface area contributed by atoms with Gasteiger partial charge in [0.25, 0.3) is 0 Å². The Morgan fingerprint density at radius 3 is 2.47 bits per heavy atom. The molecule has 17 heavy (non-hydrogen) atoms. The Hall–Kier alpha value is -0.610. The van der Waals surface area contributed by atoms with Crippen LogP contribution in [0.2, 0.25) is 0 Å². The van der Waals surface area contributed by atoms with Crippen LogP contribution < -0.4 is 10.6 Å². The van der Waals surface area contributed by atoms with E-state index in [2.05, 4.69) is 10.6 Å². The maximum Gasteiger partial charge on any atom is 0.233 e. The highest BCUT2D eigenvalue weighted by atomic mass is 16.5. The van der Waals surface area contributed by atoms with Crippen molar-refractivity contribution in [2.24, 2.45) is 11.8 Å². The van der Waals surface area contributed by atoms with E-state index in [0.29, 0.717) is 25.7 Å². The van der Waals surface area contributed by atoms with Crippen LogP contribution in [0.25, 0.3) is 0 Å². The molecule has 2 fully saturated rings. The minimum absolute atomic E-state index is 0.118. The molecule has 0 spiro atoms. The Kier molecular flexibility index (Phi) is 4.80. The maximum absolute atomic E-state index is 11.6. The summed E-state index contributed by atoms with van der Waals surface area (Å²) in [5.41, 5.74) is 0. The minimum Gasteiger partial charge on any atom is -0.385 e. The summed E-state index contributed by atoms with van der Waals surface area (Å²) in [5, 5.41) is 6.35. The summed E-state index contributed by atoms with van der Waals surface area (Å²) in [6.07, 6.45) is 6.29. The van der Waals surface area contributed by atoms with Gasteiger partial charge in [-0.15, -0.1) is 0 Å². The second-order valence-electron chi connectivity index (χ2n) is 5.28. The Morgan fingerprint density at radius 1 is 1.29 bits per heavy atom. The second-order valence-corrected chi connectivity index (χ2v) is 5.28. The van der Waals surface area contributed by atoms with Crippen LogP contribution in [-0.2, 0) is 9.53 Å². The lowest BCUT2D eigenvalue weighted by Gasteiger charge is -2.17. The molecule has 0 saturated heterocycles. The van der Waals surface area contributed by atoms with Crippen molar-refractivity contribution in [3.05, 3.63) is 0 Å². The topological polar surface area (TPSA) is 50.4 Å². The number of hydrogen-bond donors (Lipinski definition) is 2. The summed E-state index contributed by atoms with van der Waals surface area (Å²) < 4.78 is 4.93. The summed E-state index contributed by atoms with van der Waals surface area (Å²) >= 11 is 0. The van der Waals surface area contributed by atoms with E-state index in [0.717, 1.165) is 18.3 Å². The van der Waals surface area contributed by atoms with Crippen LogP contribution in [0.5, 0.6) is 0 Å². The molecule has 0 unspecified atom stereocenters. The predicted octanol–water partition coefficient (Wildman–Crippen LogP) is 0.917. The molecular formula is C13H24N2O2. The smallest absolute Gasteiger partial charge is 0.233 e. The molecule has 0 aliphatic heterocycles. The Labute approximate surface area is 103 Å². The first-order valence-electron chi connectivity index (χ1n) is 6.80. The maximum atomic E-state index is 11.6. The number of ether oxygens (including phenoxy) is 1. The average molecular weight is 240 g/mol. The molecule has 2 saturated carbocycles. The van der Waals surface area contributed by atoms with E-state index >= 15 is 0 Å². The normalized spacial score (nSPS) is 19.6. The van der Waals surface area contributed by atoms with E-state index in [1.807, 2.05) is 0 Å². The van der Waals surface area contributed by atoms with Gasteiger partial charge in [-0.1, -0.05) is 0 Å². The third-order valence-corrected chi connectivity index (χ3v) is 3.61. The van der Waals surface area contributed by atoms with E-state index in [9.17, 15) is 4.79 Å². The quantitative estimate of drug-likeness (QED) is 0.589. The van der Waals surface area contributed by atoms with Crippen LogP contribution in [0.4, 0.5) is 0 Å². The number of carbonyl (C=O) groups excluding carboxylic acids is 1. The van der Waals surface area contributed by atoms with Crippen LogP contribution in [0.15, 0.2) is 0 Å². The van der Waals surface area contributed by atoms with Crippen LogP contribution in [0, 0.1) is 11.8 Å². The highest BCUT2D eigenvalue weighted by molar-refractivity contribution is 5.77. The molecule has 0 radical (unpaired) electrons. The van der Waals surface area contributed by atoms with Gasteiger partial charge < -0.3 is 15.4 Å². The third-order valence-electron chi connectivity index (χ3n) is 3.61. The summed E-state index contributed by atoms with van der Waals surface area (Å²) in [6.45, 7) is 1.90. The van der Waals surface area contributed by atoms with Crippen molar-refractivity contribution < 1.29 is 9.53 Å². The number of rotatable bonds is 9. The fourth-order valence-corrected chi connectivity index (χ4v) is 2.35. The van der Waals surface area contributed by atoms with Gasteiger partial charge in [0, 0.05) is 26.3 Å². The number of carbonyl (C=O) groups is 1. The molecular weight excluding hydrogens is 216 g/mol. The fourth-order valence-electron chi connectivity index (χ4n) is 2.35. The number of methoxy groups -OCH3 is 1. The minimum atomic E-state index is 0.118. The number of hydrogen-bond acceptors (Lipinski definition) is 3. The van der Waals surface area contributed by atoms with Crippen LogP contribution in [0.1, 0.15) is 32.1 Å². The van der Waals surface area contributed by atoms with Crippen molar-refractivity contribution in [2.75, 3.05) is 26.8 Å². The molecule has 1 amide bonds. The lowest BCUT2D eigenvalue weighted by atomic mass is 10.1. The summed E-state index contributed by atoms with van der Waals surface area (Å²) in [4.78, 5) is 11.6. The SMILES string of the molecule is COCCCNC(=O)CNC(C1CC1)C1CC1. The largest absolute Gasteiger partial charge is 0.385 e. The molecule has 2 aliphatic carbocycles. The predicted molar refractivity (Wildman–Crippen MR) is 66.7 cm³/mol. The van der Waals surface area contributed by atoms with E-state index in [-0.39, 0.29) is 5.91 Å². The molecule has 0 aromatic rings. The van der Waals surface area contributed by atoms with Crippen molar-refractivity contribution in [3.63, 3.8) is 0 Å². The molecule has 0 aromatic carbocycles. The summed E-state index contributed by atoms with van der Waals surface area (Å²) in [6, 6.07) is 0.611. The van der Waals surface area contributed by atoms with Crippen molar-refractivity contribution in [2.45, 2.75) is 38.1 Å². The molecule has 4 heteroatoms. The van der Waals surface area contributed by atoms with Crippen molar-refractivity contribution in [1.82, 2.24) is 10.6 Å². The summed E-state index contributed by atoms with van der Waals surface area (Å²) in [7, 11) is 1.68. The van der Waals surface area contributed by atoms with Gasteiger partial charge in [-0.05, 0) is 43.9 Å². The lowest BCUT2D eigenvalue weighted by Crippen LogP contribution is -2.41. The Morgan fingerprint density at radius 2 is 1.94 bits per heavy atom. The molecule has 4 nitrogen and oxygen atoms in total. The Balaban J connectivity index is 1.55. The van der Waals surface area contributed by atoms with Crippen LogP contribution in [0.3, 0.4) is 0 Å². The average Bonchev–Trinajstić information content (AvgIpc) is 3.15. The van der Waals surface area contributed by atoms with Gasteiger partial charge in [0.2, 0.25) is 5.91 Å². The van der Waals surface area contributed by atoms with Crippen molar-refractivity contribution >= 4 is 5.91 Å². The molecule has 0 heterocycles. The second kappa shape index (κ2) is 6.36. The van der Waals surface area contributed by atoms with Gasteiger partial charge in [0.05, 0.1) is 6.54 Å². The van der Waals surface area contributed by atoms with E-state index in [4.69, 9.17) is 4.74 Å². The number of nitrogens with one attached hydrogen (secondary N) is 2. The molecule has 0 aromatic heterocycles. The van der Waals surface area contributed by atoms with Gasteiger partial charge >= 0.3 is 0 Å². The van der Waals surface area contributed by atoms with Gasteiger partial charge in [-0.2, -0.15) is 0 Å². The molecule has 0 bridgehead atoms. The van der Waals surface area contributed by atoms with Gasteiger partial charge in [-0.25, -0.2) is 0 Å². The van der Waals surface area contributed by atoms with E-state index in [1.165, 1.54) is 25.7 Å². The molecule has 2 rings (SSSR count). The molecule has 98 valence electrons. The summed E-state index contributed by atoms with van der Waals surface area (Å²) in [5.74, 6) is 1.82. The highest BCUT2D eigenvalue weighted by Gasteiger charge is 2.41. The van der Waals surface area contributed by atoms with Gasteiger partial charge in [-0.3, -0.25) is 4.79 Å². The molecule has 2 aliphatic rings. The first-order valence-corrected chi connectivity index (χ1v) is 6.80. The van der Waals surface area contributed by atoms with Gasteiger partial charge in [0.1, 0.15) is 0 Å². The molecule has 0 atom stereocenters. The zero-order chi connectivity index (χ0) is 12.1. The monoisotopic (exact) mass is 240 g/mol. The van der Waals surface area contributed by atoms with Crippen molar-refractivity contribution in [3.8, 4) is 0 Å².